The molecule has 4 nitrogen and oxygen atoms in total. The lowest BCUT2D eigenvalue weighted by molar-refractivity contribution is 0.0293. The third-order valence-electron chi connectivity index (χ3n) is 10.1. The van der Waals surface area contributed by atoms with Gasteiger partial charge in [0.05, 0.1) is 5.71 Å². The van der Waals surface area contributed by atoms with E-state index in [1.54, 1.807) is 0 Å². The molecule has 0 spiro atoms. The van der Waals surface area contributed by atoms with Crippen LogP contribution in [-0.2, 0) is 14.0 Å². The van der Waals surface area contributed by atoms with Gasteiger partial charge in [0.1, 0.15) is 20.4 Å². The van der Waals surface area contributed by atoms with Gasteiger partial charge >= 0.3 is 0 Å². The molecule has 0 saturated heterocycles. The second kappa shape index (κ2) is 11.3. The molecule has 2 aliphatic carbocycles. The van der Waals surface area contributed by atoms with E-state index >= 15 is 9.13 Å². The first-order valence-electron chi connectivity index (χ1n) is 15.4. The summed E-state index contributed by atoms with van der Waals surface area (Å²) in [6.07, 6.45) is 0.521. The fraction of sp³-hybridized carbons (Fsp3) is 0.184. The maximum absolute atomic E-state index is 16.4. The minimum Gasteiger partial charge on any atom is -0.391 e. The predicted octanol–water partition coefficient (Wildman–Crippen LogP) is 7.47. The molecule has 3 aliphatic rings. The predicted molar refractivity (Wildman–Crippen MR) is 185 cm³/mol. The minimum atomic E-state index is -3.39. The van der Waals surface area contributed by atoms with Crippen LogP contribution in [0.5, 0.6) is 0 Å². The van der Waals surface area contributed by atoms with Crippen molar-refractivity contribution in [3.8, 4) is 0 Å². The van der Waals surface area contributed by atoms with Gasteiger partial charge in [-0.25, -0.2) is 0 Å². The maximum atomic E-state index is 16.4. The van der Waals surface area contributed by atoms with E-state index < -0.39 is 25.6 Å². The Balaban J connectivity index is 1.38. The van der Waals surface area contributed by atoms with Crippen LogP contribution in [0.1, 0.15) is 12.0 Å². The van der Waals surface area contributed by atoms with Gasteiger partial charge in [0.25, 0.3) is 0 Å². The third kappa shape index (κ3) is 4.45. The maximum Gasteiger partial charge on any atom is 0.147 e. The van der Waals surface area contributed by atoms with Gasteiger partial charge in [0.15, 0.2) is 0 Å². The van der Waals surface area contributed by atoms with Crippen molar-refractivity contribution in [2.75, 3.05) is 0 Å². The van der Waals surface area contributed by atoms with E-state index in [2.05, 4.69) is 5.16 Å². The fourth-order valence-electron chi connectivity index (χ4n) is 8.40. The van der Waals surface area contributed by atoms with Crippen LogP contribution in [0, 0.1) is 17.8 Å². The number of hydrogen-bond acceptors (Lipinski definition) is 4. The molecule has 1 heterocycles. The second-order valence-electron chi connectivity index (χ2n) is 12.3. The van der Waals surface area contributed by atoms with E-state index in [0.717, 1.165) is 38.9 Å². The molecule has 6 atom stereocenters. The van der Waals surface area contributed by atoms with Gasteiger partial charge in [-0.15, -0.1) is 0 Å². The van der Waals surface area contributed by atoms with Crippen LogP contribution in [0.3, 0.4) is 0 Å². The highest BCUT2D eigenvalue weighted by Crippen LogP contribution is 2.73. The van der Waals surface area contributed by atoms with Crippen LogP contribution in [0.25, 0.3) is 0 Å². The average molecular weight is 648 g/mol. The Bertz CT molecular complexity index is 1870. The van der Waals surface area contributed by atoms with Crippen LogP contribution in [-0.4, -0.2) is 23.1 Å². The van der Waals surface area contributed by atoms with Crippen molar-refractivity contribution in [3.63, 3.8) is 0 Å². The second-order valence-corrected chi connectivity index (χ2v) is 18.6. The van der Waals surface area contributed by atoms with Crippen LogP contribution in [0.15, 0.2) is 151 Å². The quantitative estimate of drug-likeness (QED) is 0.172. The van der Waals surface area contributed by atoms with Crippen molar-refractivity contribution in [1.29, 1.82) is 0 Å². The van der Waals surface area contributed by atoms with Gasteiger partial charge in [-0.3, -0.25) is 0 Å². The van der Waals surface area contributed by atoms with Crippen LogP contribution in [0.2, 0.25) is 5.02 Å². The minimum absolute atomic E-state index is 0.0612. The monoisotopic (exact) mass is 647 g/mol. The molecule has 7 heteroatoms. The van der Waals surface area contributed by atoms with Crippen molar-refractivity contribution in [3.05, 3.63) is 156 Å². The normalized spacial score (nSPS) is 25.4. The zero-order valence-corrected chi connectivity index (χ0v) is 27.0. The van der Waals surface area contributed by atoms with Crippen molar-refractivity contribution in [1.82, 2.24) is 0 Å². The van der Waals surface area contributed by atoms with Gasteiger partial charge in [0.2, 0.25) is 0 Å². The molecule has 0 unspecified atom stereocenters. The van der Waals surface area contributed by atoms with Gasteiger partial charge in [0, 0.05) is 49.4 Å². The zero-order chi connectivity index (χ0) is 30.6. The molecule has 45 heavy (non-hydrogen) atoms. The Labute approximate surface area is 268 Å². The molecule has 2 saturated carbocycles. The molecule has 0 N–H and O–H groups in total. The highest BCUT2D eigenvalue weighted by Gasteiger charge is 2.70. The first-order valence-corrected chi connectivity index (χ1v) is 19.4. The van der Waals surface area contributed by atoms with Crippen LogP contribution in [0.4, 0.5) is 0 Å². The lowest BCUT2D eigenvalue weighted by atomic mass is 9.80. The molecule has 0 radical (unpaired) electrons. The first-order chi connectivity index (χ1) is 22.0. The first kappa shape index (κ1) is 28.8. The van der Waals surface area contributed by atoms with Gasteiger partial charge in [-0.05, 0) is 30.0 Å². The molecule has 8 rings (SSSR count). The Morgan fingerprint density at radius 1 is 0.556 bits per heavy atom. The van der Waals surface area contributed by atoms with Gasteiger partial charge < -0.3 is 14.0 Å². The summed E-state index contributed by atoms with van der Waals surface area (Å²) < 4.78 is 32.7. The molecule has 0 amide bonds. The Morgan fingerprint density at radius 3 is 1.38 bits per heavy atom. The van der Waals surface area contributed by atoms with E-state index in [9.17, 15) is 0 Å². The lowest BCUT2D eigenvalue weighted by Gasteiger charge is -2.44. The van der Waals surface area contributed by atoms with Crippen LogP contribution >= 0.6 is 25.9 Å². The SMILES string of the molecule is O=P(c1ccccc1)(c1ccccc1)[C@@H]1[C@H]2C[C@@H]([C@@H]3C(c4ccc(Cl)cc4)=NO[C@@H]23)[C@H]1P(=O)(c1ccccc1)c1ccccc1. The van der Waals surface area contributed by atoms with E-state index in [4.69, 9.17) is 16.4 Å². The lowest BCUT2D eigenvalue weighted by Crippen LogP contribution is -2.50. The van der Waals surface area contributed by atoms with Crippen molar-refractivity contribution >= 4 is 52.8 Å². The largest absolute Gasteiger partial charge is 0.391 e. The number of rotatable bonds is 7. The van der Waals surface area contributed by atoms with E-state index in [-0.39, 0.29) is 23.9 Å². The van der Waals surface area contributed by atoms with Crippen molar-refractivity contribution < 1.29 is 14.0 Å². The van der Waals surface area contributed by atoms with E-state index in [0.29, 0.717) is 5.02 Å². The van der Waals surface area contributed by atoms with Crippen LogP contribution < -0.4 is 21.2 Å². The summed E-state index contributed by atoms with van der Waals surface area (Å²) in [6.45, 7) is 0. The zero-order valence-electron chi connectivity index (χ0n) is 24.5. The number of oxime groups is 1. The molecule has 1 aliphatic heterocycles. The Morgan fingerprint density at radius 2 is 0.956 bits per heavy atom. The number of benzene rings is 5. The topological polar surface area (TPSA) is 55.7 Å². The molecular weight excluding hydrogens is 616 g/mol. The summed E-state index contributed by atoms with van der Waals surface area (Å²) in [6, 6.07) is 47.1. The van der Waals surface area contributed by atoms with E-state index in [1.165, 1.54) is 0 Å². The smallest absolute Gasteiger partial charge is 0.147 e. The Kier molecular flexibility index (Phi) is 7.22. The number of fused-ring (bicyclic) bond motifs is 5. The highest BCUT2D eigenvalue weighted by molar-refractivity contribution is 7.83. The Hall–Kier alpha value is -3.68. The number of halogens is 1. The molecular formula is C38H32ClNO3P2. The van der Waals surface area contributed by atoms with Crippen molar-refractivity contribution in [2.24, 2.45) is 22.9 Å². The van der Waals surface area contributed by atoms with E-state index in [1.807, 2.05) is 146 Å². The molecule has 5 aromatic rings. The van der Waals surface area contributed by atoms with Gasteiger partial charge in [-0.1, -0.05) is 150 Å². The molecule has 224 valence electrons. The third-order valence-corrected chi connectivity index (χ3v) is 18.0. The molecule has 2 fully saturated rings. The standard InChI is InChI=1S/C38H32ClNO3P2/c39-27-23-21-26(22-24-27)35-34-32-25-33(36(34)43-40-35)38(45(42,30-17-9-3-10-18-30)31-19-11-4-12-20-31)37(32)44(41,28-13-5-1-6-14-28)29-15-7-2-8-16-29/h1-24,32-34,36-38H,25H2/t32-,33-,34+,36-,37+,38+/m0/s1. The number of nitrogens with zero attached hydrogens (tertiary/aromatic N) is 1. The van der Waals surface area contributed by atoms with Crippen molar-refractivity contribution in [2.45, 2.75) is 23.8 Å². The summed E-state index contributed by atoms with van der Waals surface area (Å²) in [5, 5.41) is 8.52. The molecule has 2 bridgehead atoms. The summed E-state index contributed by atoms with van der Waals surface area (Å²) in [4.78, 5) is 6.32. The summed E-state index contributed by atoms with van der Waals surface area (Å²) >= 11 is 6.26. The summed E-state index contributed by atoms with van der Waals surface area (Å²) in [5.74, 6) is -0.238. The summed E-state index contributed by atoms with van der Waals surface area (Å²) in [5.41, 5.74) is 1.01. The van der Waals surface area contributed by atoms with Gasteiger partial charge in [-0.2, -0.15) is 0 Å². The summed E-state index contributed by atoms with van der Waals surface area (Å²) in [7, 11) is -6.76. The molecule has 5 aromatic carbocycles. The average Bonchev–Trinajstić information content (AvgIpc) is 3.82. The fourth-order valence-corrected chi connectivity index (χ4v) is 17.1. The molecule has 0 aromatic heterocycles. The highest BCUT2D eigenvalue weighted by atomic mass is 35.5. The number of hydrogen-bond donors (Lipinski definition) is 0.